The monoisotopic (exact) mass is 545 g/mol. The summed E-state index contributed by atoms with van der Waals surface area (Å²) in [6.45, 7) is 5.15. The van der Waals surface area contributed by atoms with Crippen molar-refractivity contribution < 1.29 is 29.6 Å². The van der Waals surface area contributed by atoms with Crippen LogP contribution in [0.2, 0.25) is 10.0 Å². The van der Waals surface area contributed by atoms with Crippen LogP contribution in [0.1, 0.15) is 43.1 Å². The van der Waals surface area contributed by atoms with Crippen LogP contribution in [0.15, 0.2) is 41.4 Å². The molecule has 2 saturated heterocycles. The van der Waals surface area contributed by atoms with Gasteiger partial charge in [-0.25, -0.2) is 4.99 Å². The van der Waals surface area contributed by atoms with E-state index in [0.29, 0.717) is 32.2 Å². The van der Waals surface area contributed by atoms with Crippen LogP contribution in [0.3, 0.4) is 0 Å². The van der Waals surface area contributed by atoms with Crippen LogP contribution >= 0.6 is 23.2 Å². The van der Waals surface area contributed by atoms with E-state index >= 15 is 0 Å². The van der Waals surface area contributed by atoms with Gasteiger partial charge in [-0.1, -0.05) is 23.2 Å². The number of aliphatic imine (C=N–C) groups is 1. The molecule has 0 bridgehead atoms. The van der Waals surface area contributed by atoms with Crippen molar-refractivity contribution in [1.29, 1.82) is 0 Å². The molecule has 3 aliphatic rings. The highest BCUT2D eigenvalue weighted by Crippen LogP contribution is 2.44. The Bertz CT molecular complexity index is 1480. The lowest BCUT2D eigenvalue weighted by Crippen LogP contribution is -2.71. The third kappa shape index (κ3) is 3.72. The van der Waals surface area contributed by atoms with Crippen molar-refractivity contribution in [3.8, 4) is 5.75 Å². The Morgan fingerprint density at radius 2 is 1.84 bits per heavy atom. The lowest BCUT2D eigenvalue weighted by Gasteiger charge is -2.52. The average Bonchev–Trinajstić information content (AvgIpc) is 3.30. The van der Waals surface area contributed by atoms with Crippen molar-refractivity contribution in [3.63, 3.8) is 0 Å². The molecular weight excluding hydrogens is 521 g/mol. The summed E-state index contributed by atoms with van der Waals surface area (Å²) in [4.78, 5) is 18.0. The van der Waals surface area contributed by atoms with Gasteiger partial charge in [0.2, 0.25) is 5.78 Å². The zero-order chi connectivity index (χ0) is 26.4. The van der Waals surface area contributed by atoms with E-state index in [4.69, 9.17) is 32.7 Å². The molecule has 0 amide bonds. The molecule has 0 saturated carbocycles. The van der Waals surface area contributed by atoms with E-state index in [9.17, 15) is 20.1 Å². The SMILES string of the molecule is CC1OC(n2c(C3=Nc4ccc(Cl)cc4C3=O)c(O)c3cc(Cl)ccc32)C(O)C2OC(C)(O)C(C)NC12. The predicted molar refractivity (Wildman–Crippen MR) is 138 cm³/mol. The smallest absolute Gasteiger partial charge is 0.215 e. The first-order chi connectivity index (χ1) is 17.5. The van der Waals surface area contributed by atoms with Crippen molar-refractivity contribution in [2.24, 2.45) is 4.99 Å². The number of carbonyl (C=O) groups is 1. The summed E-state index contributed by atoms with van der Waals surface area (Å²) in [5.41, 5.74) is 1.26. The number of aliphatic hydroxyl groups excluding tert-OH is 1. The first-order valence-electron chi connectivity index (χ1n) is 11.9. The van der Waals surface area contributed by atoms with Crippen LogP contribution < -0.4 is 5.32 Å². The van der Waals surface area contributed by atoms with E-state index in [-0.39, 0.29) is 17.2 Å². The zero-order valence-electron chi connectivity index (χ0n) is 20.1. The van der Waals surface area contributed by atoms with E-state index in [0.717, 1.165) is 0 Å². The van der Waals surface area contributed by atoms with Gasteiger partial charge in [-0.2, -0.15) is 0 Å². The Morgan fingerprint density at radius 1 is 1.14 bits per heavy atom. The number of ketones is 1. The maximum absolute atomic E-state index is 13.5. The number of morpholine rings is 1. The molecule has 194 valence electrons. The number of aromatic nitrogens is 1. The highest BCUT2D eigenvalue weighted by Gasteiger charge is 2.53. The minimum Gasteiger partial charge on any atom is -0.505 e. The number of fused-ring (bicyclic) bond motifs is 3. The number of ether oxygens (including phenoxy) is 2. The number of benzene rings is 2. The topological polar surface area (TPSA) is 126 Å². The Morgan fingerprint density at radius 3 is 2.59 bits per heavy atom. The molecule has 2 aromatic carbocycles. The fourth-order valence-corrected chi connectivity index (χ4v) is 5.79. The quantitative estimate of drug-likeness (QED) is 0.386. The standard InChI is InChI=1S/C26H25Cl2N3O6/c1-10-18-24(37-26(3,35)11(2)29-18)23(34)25(36-10)31-17-7-5-13(28)9-15(17)22(33)20(31)19-21(32)14-8-12(27)4-6-16(14)30-19/h4-11,18,23-25,29,33-35H,1-3H3. The van der Waals surface area contributed by atoms with Gasteiger partial charge >= 0.3 is 0 Å². The first kappa shape index (κ1) is 24.8. The second-order valence-electron chi connectivity index (χ2n) is 9.95. The molecule has 6 rings (SSSR count). The number of hydrogen-bond donors (Lipinski definition) is 4. The number of aromatic hydroxyl groups is 1. The normalized spacial score (nSPS) is 33.4. The lowest BCUT2D eigenvalue weighted by atomic mass is 9.91. The molecule has 11 heteroatoms. The molecule has 1 aromatic heterocycles. The van der Waals surface area contributed by atoms with E-state index in [1.54, 1.807) is 41.8 Å². The van der Waals surface area contributed by atoms with E-state index in [1.807, 2.05) is 6.92 Å². The number of Topliss-reactive ketones (excluding diaryl/α,β-unsaturated/α-hetero) is 1. The molecular formula is C26H25Cl2N3O6. The molecule has 37 heavy (non-hydrogen) atoms. The minimum atomic E-state index is -1.53. The van der Waals surface area contributed by atoms with Gasteiger partial charge in [0.05, 0.1) is 35.0 Å². The summed E-state index contributed by atoms with van der Waals surface area (Å²) < 4.78 is 13.8. The van der Waals surface area contributed by atoms with Gasteiger partial charge in [0, 0.05) is 15.4 Å². The highest BCUT2D eigenvalue weighted by molar-refractivity contribution is 6.55. The third-order valence-electron chi connectivity index (χ3n) is 7.53. The Balaban J connectivity index is 1.53. The molecule has 2 fully saturated rings. The van der Waals surface area contributed by atoms with Gasteiger partial charge in [-0.3, -0.25) is 4.79 Å². The Labute approximate surface area is 222 Å². The molecule has 3 aliphatic heterocycles. The van der Waals surface area contributed by atoms with Gasteiger partial charge in [-0.15, -0.1) is 0 Å². The maximum Gasteiger partial charge on any atom is 0.215 e. The van der Waals surface area contributed by atoms with Crippen LogP contribution in [0.4, 0.5) is 5.69 Å². The molecule has 0 spiro atoms. The van der Waals surface area contributed by atoms with Crippen LogP contribution in [0.5, 0.6) is 5.75 Å². The van der Waals surface area contributed by atoms with E-state index in [2.05, 4.69) is 10.3 Å². The summed E-state index contributed by atoms with van der Waals surface area (Å²) in [7, 11) is 0. The highest BCUT2D eigenvalue weighted by atomic mass is 35.5. The van der Waals surface area contributed by atoms with E-state index < -0.39 is 48.2 Å². The van der Waals surface area contributed by atoms with Crippen LogP contribution in [0.25, 0.3) is 10.9 Å². The molecule has 4 N–H and O–H groups in total. The fraction of sp³-hybridized carbons (Fsp3) is 0.385. The summed E-state index contributed by atoms with van der Waals surface area (Å²) in [5.74, 6) is -2.18. The lowest BCUT2D eigenvalue weighted by molar-refractivity contribution is -0.321. The minimum absolute atomic E-state index is 0.0176. The number of halogens is 2. The zero-order valence-corrected chi connectivity index (χ0v) is 21.7. The second-order valence-corrected chi connectivity index (χ2v) is 10.8. The Hall–Kier alpha value is -2.50. The molecule has 3 aromatic rings. The molecule has 0 aliphatic carbocycles. The van der Waals surface area contributed by atoms with Gasteiger partial charge in [-0.05, 0) is 57.2 Å². The van der Waals surface area contributed by atoms with Crippen molar-refractivity contribution in [3.05, 3.63) is 57.7 Å². The molecule has 7 atom stereocenters. The maximum atomic E-state index is 13.5. The van der Waals surface area contributed by atoms with Crippen LogP contribution in [0, 0.1) is 0 Å². The number of aliphatic hydroxyl groups is 2. The largest absolute Gasteiger partial charge is 0.505 e. The summed E-state index contributed by atoms with van der Waals surface area (Å²) in [6.07, 6.45) is -3.69. The summed E-state index contributed by atoms with van der Waals surface area (Å²) >= 11 is 12.4. The van der Waals surface area contributed by atoms with Crippen molar-refractivity contribution in [1.82, 2.24) is 9.88 Å². The van der Waals surface area contributed by atoms with Gasteiger partial charge in [0.1, 0.15) is 23.6 Å². The van der Waals surface area contributed by atoms with Crippen molar-refractivity contribution in [2.75, 3.05) is 0 Å². The number of rotatable bonds is 2. The molecule has 7 unspecified atom stereocenters. The number of hydrogen-bond acceptors (Lipinski definition) is 8. The number of nitrogens with zero attached hydrogens (tertiary/aromatic N) is 2. The number of nitrogens with one attached hydrogen (secondary N) is 1. The summed E-state index contributed by atoms with van der Waals surface area (Å²) in [5, 5.41) is 38.1. The second kappa shape index (κ2) is 8.51. The average molecular weight is 546 g/mol. The molecule has 0 radical (unpaired) electrons. The van der Waals surface area contributed by atoms with E-state index in [1.165, 1.54) is 13.0 Å². The van der Waals surface area contributed by atoms with Crippen molar-refractivity contribution >= 4 is 51.3 Å². The number of carbonyl (C=O) groups excluding carboxylic acids is 1. The molecule has 9 nitrogen and oxygen atoms in total. The first-order valence-corrected chi connectivity index (χ1v) is 12.7. The van der Waals surface area contributed by atoms with Gasteiger partial charge in [0.25, 0.3) is 0 Å². The Kier molecular flexibility index (Phi) is 5.70. The fourth-order valence-electron chi connectivity index (χ4n) is 5.44. The van der Waals surface area contributed by atoms with Gasteiger partial charge < -0.3 is 34.7 Å². The third-order valence-corrected chi connectivity index (χ3v) is 8.00. The van der Waals surface area contributed by atoms with Gasteiger partial charge in [0.15, 0.2) is 17.8 Å². The van der Waals surface area contributed by atoms with Crippen molar-refractivity contribution in [2.45, 2.75) is 63.2 Å². The molecule has 4 heterocycles. The summed E-state index contributed by atoms with van der Waals surface area (Å²) in [6, 6.07) is 8.86. The predicted octanol–water partition coefficient (Wildman–Crippen LogP) is 3.70. The van der Waals surface area contributed by atoms with Crippen LogP contribution in [-0.4, -0.2) is 67.6 Å². The van der Waals surface area contributed by atoms with Crippen LogP contribution in [-0.2, 0) is 9.47 Å².